The number of aliphatic hydroxyl groups is 1. The summed E-state index contributed by atoms with van der Waals surface area (Å²) in [6.45, 7) is 0. The summed E-state index contributed by atoms with van der Waals surface area (Å²) < 4.78 is 2.01. The Morgan fingerprint density at radius 2 is 2.31 bits per heavy atom. The molecule has 2 heterocycles. The third-order valence-corrected chi connectivity index (χ3v) is 2.36. The van der Waals surface area contributed by atoms with E-state index in [0.29, 0.717) is 5.76 Å². The molecular formula is C10H8N2O. The van der Waals surface area contributed by atoms with Crippen molar-refractivity contribution >= 4 is 11.4 Å². The van der Waals surface area contributed by atoms with Gasteiger partial charge in [0, 0.05) is 12.6 Å². The smallest absolute Gasteiger partial charge is 0.139 e. The molecular weight excluding hydrogens is 164 g/mol. The maximum atomic E-state index is 9.47. The van der Waals surface area contributed by atoms with Crippen LogP contribution in [0.1, 0.15) is 11.4 Å². The second kappa shape index (κ2) is 2.13. The number of pyridine rings is 1. The molecule has 0 spiro atoms. The van der Waals surface area contributed by atoms with E-state index in [1.165, 1.54) is 0 Å². The molecule has 1 N–H and O–H groups in total. The van der Waals surface area contributed by atoms with Crippen LogP contribution >= 0.6 is 0 Å². The lowest BCUT2D eigenvalue weighted by molar-refractivity contribution is 0.510. The Kier molecular flexibility index (Phi) is 1.10. The van der Waals surface area contributed by atoms with Crippen molar-refractivity contribution in [2.24, 2.45) is 0 Å². The van der Waals surface area contributed by atoms with Crippen molar-refractivity contribution in [1.82, 2.24) is 9.38 Å². The molecule has 0 unspecified atom stereocenters. The molecule has 0 amide bonds. The summed E-state index contributed by atoms with van der Waals surface area (Å²) in [5.41, 5.74) is 2.70. The summed E-state index contributed by atoms with van der Waals surface area (Å²) >= 11 is 0. The highest BCUT2D eigenvalue weighted by Gasteiger charge is 2.19. The van der Waals surface area contributed by atoms with Crippen molar-refractivity contribution in [1.29, 1.82) is 0 Å². The number of rotatable bonds is 0. The second-order valence-electron chi connectivity index (χ2n) is 3.13. The Labute approximate surface area is 75.0 Å². The predicted octanol–water partition coefficient (Wildman–Crippen LogP) is 1.79. The maximum Gasteiger partial charge on any atom is 0.139 e. The molecule has 3 heteroatoms. The van der Waals surface area contributed by atoms with Gasteiger partial charge in [-0.1, -0.05) is 6.07 Å². The number of aromatic nitrogens is 2. The molecule has 3 nitrogen and oxygen atoms in total. The van der Waals surface area contributed by atoms with Crippen LogP contribution in [0.5, 0.6) is 0 Å². The van der Waals surface area contributed by atoms with E-state index in [0.717, 1.165) is 23.5 Å². The highest BCUT2D eigenvalue weighted by Crippen LogP contribution is 2.25. The largest absolute Gasteiger partial charge is 0.506 e. The monoisotopic (exact) mass is 172 g/mol. The quantitative estimate of drug-likeness (QED) is 0.657. The summed E-state index contributed by atoms with van der Waals surface area (Å²) in [5, 5.41) is 9.47. The molecule has 64 valence electrons. The van der Waals surface area contributed by atoms with Gasteiger partial charge in [-0.25, -0.2) is 4.98 Å². The lowest BCUT2D eigenvalue weighted by Gasteiger charge is -1.94. The van der Waals surface area contributed by atoms with Crippen molar-refractivity contribution in [2.45, 2.75) is 6.42 Å². The van der Waals surface area contributed by atoms with Crippen LogP contribution in [0.25, 0.3) is 11.4 Å². The first kappa shape index (κ1) is 6.71. The topological polar surface area (TPSA) is 37.5 Å². The van der Waals surface area contributed by atoms with E-state index < -0.39 is 0 Å². The van der Waals surface area contributed by atoms with E-state index in [2.05, 4.69) is 4.98 Å². The number of nitrogens with zero attached hydrogens (tertiary/aromatic N) is 2. The predicted molar refractivity (Wildman–Crippen MR) is 49.5 cm³/mol. The molecule has 1 aliphatic carbocycles. The molecule has 1 aliphatic rings. The van der Waals surface area contributed by atoms with Crippen molar-refractivity contribution in [3.63, 3.8) is 0 Å². The van der Waals surface area contributed by atoms with Crippen LogP contribution in [0, 0.1) is 0 Å². The molecule has 0 saturated heterocycles. The molecule has 0 atom stereocenters. The van der Waals surface area contributed by atoms with Crippen LogP contribution in [0.2, 0.25) is 0 Å². The van der Waals surface area contributed by atoms with E-state index in [1.807, 2.05) is 28.8 Å². The van der Waals surface area contributed by atoms with Crippen LogP contribution in [-0.4, -0.2) is 14.5 Å². The molecule has 0 saturated carbocycles. The maximum absolute atomic E-state index is 9.47. The molecule has 0 fully saturated rings. The first-order valence-corrected chi connectivity index (χ1v) is 4.22. The molecule has 2 aromatic rings. The molecule has 0 radical (unpaired) electrons. The van der Waals surface area contributed by atoms with Gasteiger partial charge < -0.3 is 9.51 Å². The molecule has 3 rings (SSSR count). The van der Waals surface area contributed by atoms with Gasteiger partial charge in [0.25, 0.3) is 0 Å². The van der Waals surface area contributed by atoms with Crippen LogP contribution in [-0.2, 0) is 6.42 Å². The van der Waals surface area contributed by atoms with Gasteiger partial charge in [-0.15, -0.1) is 0 Å². The molecule has 2 aromatic heterocycles. The normalized spacial score (nSPS) is 14.6. The van der Waals surface area contributed by atoms with Gasteiger partial charge >= 0.3 is 0 Å². The Morgan fingerprint density at radius 1 is 1.38 bits per heavy atom. The number of hydrogen-bond donors (Lipinski definition) is 1. The van der Waals surface area contributed by atoms with E-state index in [-0.39, 0.29) is 0 Å². The number of fused-ring (bicyclic) bond motifs is 3. The Hall–Kier alpha value is -1.77. The average molecular weight is 172 g/mol. The van der Waals surface area contributed by atoms with E-state index in [4.69, 9.17) is 0 Å². The minimum Gasteiger partial charge on any atom is -0.506 e. The number of hydrogen-bond acceptors (Lipinski definition) is 2. The highest BCUT2D eigenvalue weighted by atomic mass is 16.3. The van der Waals surface area contributed by atoms with Crippen molar-refractivity contribution in [3.05, 3.63) is 41.9 Å². The van der Waals surface area contributed by atoms with Crippen molar-refractivity contribution in [2.75, 3.05) is 0 Å². The highest BCUT2D eigenvalue weighted by molar-refractivity contribution is 5.66. The first-order chi connectivity index (χ1) is 6.36. The fourth-order valence-electron chi connectivity index (χ4n) is 1.74. The Morgan fingerprint density at radius 3 is 3.23 bits per heavy atom. The van der Waals surface area contributed by atoms with Crippen LogP contribution < -0.4 is 0 Å². The number of aliphatic hydroxyl groups excluding tert-OH is 1. The summed E-state index contributed by atoms with van der Waals surface area (Å²) in [6.07, 6.45) is 4.52. The van der Waals surface area contributed by atoms with Gasteiger partial charge in [0.2, 0.25) is 0 Å². The van der Waals surface area contributed by atoms with Crippen LogP contribution in [0.3, 0.4) is 0 Å². The number of allylic oxidation sites excluding steroid dienone is 1. The Bertz CT molecular complexity index is 511. The third-order valence-electron chi connectivity index (χ3n) is 2.36. The molecule has 13 heavy (non-hydrogen) atoms. The van der Waals surface area contributed by atoms with Gasteiger partial charge in [-0.2, -0.15) is 0 Å². The van der Waals surface area contributed by atoms with Crippen molar-refractivity contribution < 1.29 is 5.11 Å². The minimum absolute atomic E-state index is 0.304. The van der Waals surface area contributed by atoms with Crippen molar-refractivity contribution in [3.8, 4) is 0 Å². The first-order valence-electron chi connectivity index (χ1n) is 4.22. The molecule has 0 bridgehead atoms. The van der Waals surface area contributed by atoms with Crippen LogP contribution in [0.4, 0.5) is 0 Å². The fraction of sp³-hybridized carbons (Fsp3) is 0.100. The van der Waals surface area contributed by atoms with E-state index in [9.17, 15) is 5.11 Å². The standard InChI is InChI=1S/C10H8N2O/c13-8-5-4-7-10(8)11-9-3-1-2-6-12(7)9/h1-3,5-6,13H,4H2. The Balaban J connectivity index is 2.43. The summed E-state index contributed by atoms with van der Waals surface area (Å²) in [7, 11) is 0. The van der Waals surface area contributed by atoms with Gasteiger partial charge in [-0.3, -0.25) is 0 Å². The molecule has 0 aliphatic heterocycles. The summed E-state index contributed by atoms with van der Waals surface area (Å²) in [4.78, 5) is 4.32. The van der Waals surface area contributed by atoms with Gasteiger partial charge in [0.1, 0.15) is 17.1 Å². The van der Waals surface area contributed by atoms with Gasteiger partial charge in [0.05, 0.1) is 5.69 Å². The number of imidazole rings is 1. The van der Waals surface area contributed by atoms with Gasteiger partial charge in [0.15, 0.2) is 0 Å². The average Bonchev–Trinajstić information content (AvgIpc) is 2.67. The zero-order valence-electron chi connectivity index (χ0n) is 6.94. The van der Waals surface area contributed by atoms with E-state index >= 15 is 0 Å². The van der Waals surface area contributed by atoms with Crippen LogP contribution in [0.15, 0.2) is 30.5 Å². The third kappa shape index (κ3) is 0.758. The lowest BCUT2D eigenvalue weighted by Crippen LogP contribution is -1.88. The summed E-state index contributed by atoms with van der Waals surface area (Å²) in [6, 6.07) is 5.84. The van der Waals surface area contributed by atoms with E-state index in [1.54, 1.807) is 6.08 Å². The zero-order chi connectivity index (χ0) is 8.84. The minimum atomic E-state index is 0.304. The summed E-state index contributed by atoms with van der Waals surface area (Å²) in [5.74, 6) is 0.304. The fourth-order valence-corrected chi connectivity index (χ4v) is 1.74. The second-order valence-corrected chi connectivity index (χ2v) is 3.13. The molecule has 0 aromatic carbocycles. The lowest BCUT2D eigenvalue weighted by atomic mass is 10.3. The SMILES string of the molecule is OC1=CCc2c1nc1ccccn21. The zero-order valence-corrected chi connectivity index (χ0v) is 6.94. The van der Waals surface area contributed by atoms with Gasteiger partial charge in [-0.05, 0) is 18.2 Å².